The average Bonchev–Trinajstić information content (AvgIpc) is 2.91. The van der Waals surface area contributed by atoms with Gasteiger partial charge in [0.1, 0.15) is 17.0 Å². The third-order valence-electron chi connectivity index (χ3n) is 8.31. The van der Waals surface area contributed by atoms with Crippen molar-refractivity contribution in [1.29, 1.82) is 0 Å². The van der Waals surface area contributed by atoms with Crippen LogP contribution in [0.2, 0.25) is 0 Å². The van der Waals surface area contributed by atoms with Gasteiger partial charge in [-0.3, -0.25) is 4.79 Å². The molecule has 3 aliphatic rings. The maximum atomic E-state index is 13.5. The molecular formula is C32H46N6O4. The topological polar surface area (TPSA) is 100 Å². The summed E-state index contributed by atoms with van der Waals surface area (Å²) in [5.41, 5.74) is 3.78. The van der Waals surface area contributed by atoms with Crippen LogP contribution >= 0.6 is 0 Å². The lowest BCUT2D eigenvalue weighted by Crippen LogP contribution is -2.51. The number of carbonyl (C=O) groups is 2. The molecule has 2 aromatic rings. The van der Waals surface area contributed by atoms with Crippen LogP contribution in [0.4, 0.5) is 10.6 Å². The smallest absolute Gasteiger partial charge is 0.410 e. The minimum atomic E-state index is -0.546. The molecule has 1 aromatic carbocycles. The Morgan fingerprint density at radius 2 is 1.86 bits per heavy atom. The molecule has 10 heteroatoms. The number of likely N-dealkylation sites (N-methyl/N-ethyl adjacent to an activating group) is 1. The lowest BCUT2D eigenvalue weighted by atomic mass is 9.73. The molecule has 10 nitrogen and oxygen atoms in total. The first-order chi connectivity index (χ1) is 19.8. The number of hydrogen-bond acceptors (Lipinski definition) is 8. The molecule has 3 heterocycles. The monoisotopic (exact) mass is 578 g/mol. The van der Waals surface area contributed by atoms with Crippen LogP contribution in [0, 0.1) is 6.92 Å². The molecule has 1 N–H and O–H groups in total. The molecule has 2 amide bonds. The summed E-state index contributed by atoms with van der Waals surface area (Å²) in [7, 11) is 3.95. The van der Waals surface area contributed by atoms with E-state index in [9.17, 15) is 9.59 Å². The second-order valence-electron chi connectivity index (χ2n) is 13.3. The lowest BCUT2D eigenvalue weighted by Gasteiger charge is -2.44. The number of nitrogens with zero attached hydrogens (tertiary/aromatic N) is 5. The number of fused-ring (bicyclic) bond motifs is 3. The van der Waals surface area contributed by atoms with Crippen molar-refractivity contribution >= 4 is 17.8 Å². The highest BCUT2D eigenvalue weighted by molar-refractivity contribution is 5.91. The first-order valence-electron chi connectivity index (χ1n) is 15.2. The van der Waals surface area contributed by atoms with Crippen molar-refractivity contribution in [3.8, 4) is 5.88 Å². The average molecular weight is 579 g/mol. The van der Waals surface area contributed by atoms with Crippen molar-refractivity contribution in [2.24, 2.45) is 0 Å². The molecule has 0 radical (unpaired) electrons. The third-order valence-corrected chi connectivity index (χ3v) is 8.31. The summed E-state index contributed by atoms with van der Waals surface area (Å²) in [5.74, 6) is 1.03. The fourth-order valence-corrected chi connectivity index (χ4v) is 6.62. The van der Waals surface area contributed by atoms with Crippen molar-refractivity contribution in [3.63, 3.8) is 0 Å². The molecule has 0 saturated carbocycles. The maximum absolute atomic E-state index is 13.5. The number of aromatic nitrogens is 2. The quantitative estimate of drug-likeness (QED) is 0.567. The predicted molar refractivity (Wildman–Crippen MR) is 162 cm³/mol. The van der Waals surface area contributed by atoms with Crippen molar-refractivity contribution < 1.29 is 19.1 Å². The minimum Gasteiger partial charge on any atom is -0.466 e. The Morgan fingerprint density at radius 3 is 2.55 bits per heavy atom. The van der Waals surface area contributed by atoms with Crippen LogP contribution in [0.1, 0.15) is 79.8 Å². The third kappa shape index (κ3) is 6.33. The van der Waals surface area contributed by atoms with E-state index in [1.54, 1.807) is 4.90 Å². The largest absolute Gasteiger partial charge is 0.466 e. The minimum absolute atomic E-state index is 0.0758. The fourth-order valence-electron chi connectivity index (χ4n) is 6.62. The van der Waals surface area contributed by atoms with Crippen LogP contribution < -0.4 is 15.0 Å². The maximum Gasteiger partial charge on any atom is 0.410 e. The van der Waals surface area contributed by atoms with Crippen LogP contribution in [0.25, 0.3) is 0 Å². The molecule has 2 atom stereocenters. The van der Waals surface area contributed by atoms with Crippen LogP contribution in [0.3, 0.4) is 0 Å². The molecule has 1 spiro atoms. The SMILES string of the molecule is Cc1cccc2c1C1(CCC2)CCc2c(nc(C(=O)NC(C)CN(C)C)nc2N2CCN(C(=O)OC(C)(C)C)CC2)O1. The van der Waals surface area contributed by atoms with Gasteiger partial charge in [-0.05, 0) is 91.9 Å². The summed E-state index contributed by atoms with van der Waals surface area (Å²) < 4.78 is 12.5. The highest BCUT2D eigenvalue weighted by atomic mass is 16.6. The molecule has 5 rings (SSSR count). The van der Waals surface area contributed by atoms with E-state index in [2.05, 4.69) is 35.3 Å². The first-order valence-corrected chi connectivity index (χ1v) is 15.2. The molecule has 0 bridgehead atoms. The van der Waals surface area contributed by atoms with Gasteiger partial charge in [0, 0.05) is 44.3 Å². The van der Waals surface area contributed by atoms with Gasteiger partial charge in [0.05, 0.1) is 5.56 Å². The van der Waals surface area contributed by atoms with Crippen molar-refractivity contribution in [3.05, 3.63) is 46.3 Å². The second-order valence-corrected chi connectivity index (χ2v) is 13.3. The van der Waals surface area contributed by atoms with E-state index in [0.29, 0.717) is 38.6 Å². The molecule has 2 aliphatic heterocycles. The highest BCUT2D eigenvalue weighted by Gasteiger charge is 2.44. The molecule has 1 saturated heterocycles. The number of aryl methyl sites for hydroxylation is 2. The molecule has 1 aliphatic carbocycles. The van der Waals surface area contributed by atoms with E-state index in [1.165, 1.54) is 16.7 Å². The van der Waals surface area contributed by atoms with E-state index in [1.807, 2.05) is 46.7 Å². The van der Waals surface area contributed by atoms with Crippen LogP contribution in [-0.2, 0) is 23.2 Å². The van der Waals surface area contributed by atoms with Crippen LogP contribution in [0.15, 0.2) is 18.2 Å². The summed E-state index contributed by atoms with van der Waals surface area (Å²) in [6.45, 7) is 12.6. The van der Waals surface area contributed by atoms with Gasteiger partial charge >= 0.3 is 6.09 Å². The number of carbonyl (C=O) groups excluding carboxylic acids is 2. The molecule has 228 valence electrons. The molecule has 2 unspecified atom stereocenters. The van der Waals surface area contributed by atoms with E-state index < -0.39 is 11.2 Å². The highest BCUT2D eigenvalue weighted by Crippen LogP contribution is 2.48. The van der Waals surface area contributed by atoms with Crippen molar-refractivity contribution in [2.75, 3.05) is 51.7 Å². The van der Waals surface area contributed by atoms with Gasteiger partial charge in [0.2, 0.25) is 11.7 Å². The van der Waals surface area contributed by atoms with Gasteiger partial charge in [-0.25, -0.2) is 9.78 Å². The molecule has 42 heavy (non-hydrogen) atoms. The van der Waals surface area contributed by atoms with E-state index in [0.717, 1.165) is 43.5 Å². The zero-order valence-corrected chi connectivity index (χ0v) is 26.2. The number of rotatable bonds is 5. The first kappa shape index (κ1) is 30.1. The number of anilines is 1. The number of ether oxygens (including phenoxy) is 2. The summed E-state index contributed by atoms with van der Waals surface area (Å²) >= 11 is 0. The van der Waals surface area contributed by atoms with E-state index in [-0.39, 0.29) is 23.9 Å². The number of benzene rings is 1. The van der Waals surface area contributed by atoms with Gasteiger partial charge in [-0.15, -0.1) is 0 Å². The number of piperazine rings is 1. The number of amides is 2. The second kappa shape index (κ2) is 11.7. The van der Waals surface area contributed by atoms with E-state index >= 15 is 0 Å². The summed E-state index contributed by atoms with van der Waals surface area (Å²) in [6.07, 6.45) is 4.29. The standard InChI is InChI=1S/C32H46N6O4/c1-21-10-8-11-23-12-9-14-32(25(21)23)15-13-24-27(37-16-18-38(19-17-37)30(40)42-31(3,4)5)34-26(35-29(24)41-32)28(39)33-22(2)20-36(6)7/h8,10-11,22H,9,12-20H2,1-7H3,(H,33,39). The molecule has 1 fully saturated rings. The molecular weight excluding hydrogens is 532 g/mol. The number of hydrogen-bond donors (Lipinski definition) is 1. The van der Waals surface area contributed by atoms with Gasteiger partial charge in [-0.1, -0.05) is 18.2 Å². The summed E-state index contributed by atoms with van der Waals surface area (Å²) in [6, 6.07) is 6.42. The molecule has 1 aromatic heterocycles. The Kier molecular flexibility index (Phi) is 8.38. The van der Waals surface area contributed by atoms with Crippen molar-refractivity contribution in [2.45, 2.75) is 84.0 Å². The predicted octanol–water partition coefficient (Wildman–Crippen LogP) is 4.08. The normalized spacial score (nSPS) is 21.0. The Morgan fingerprint density at radius 1 is 1.12 bits per heavy atom. The fraction of sp³-hybridized carbons (Fsp3) is 0.625. The van der Waals surface area contributed by atoms with Crippen LogP contribution in [0.5, 0.6) is 5.88 Å². The van der Waals surface area contributed by atoms with E-state index in [4.69, 9.17) is 19.4 Å². The summed E-state index contributed by atoms with van der Waals surface area (Å²) in [4.78, 5) is 41.7. The van der Waals surface area contributed by atoms with Crippen LogP contribution in [-0.4, -0.2) is 90.2 Å². The summed E-state index contributed by atoms with van der Waals surface area (Å²) in [5, 5.41) is 3.05. The zero-order valence-electron chi connectivity index (χ0n) is 26.2. The Bertz CT molecular complexity index is 1330. The Labute approximate surface area is 249 Å². The Balaban J connectivity index is 1.46. The van der Waals surface area contributed by atoms with Crippen molar-refractivity contribution in [1.82, 2.24) is 25.1 Å². The van der Waals surface area contributed by atoms with Gasteiger partial charge in [-0.2, -0.15) is 4.98 Å². The van der Waals surface area contributed by atoms with Gasteiger partial charge < -0.3 is 29.5 Å². The van der Waals surface area contributed by atoms with Gasteiger partial charge in [0.25, 0.3) is 5.91 Å². The Hall–Kier alpha value is -3.40. The van der Waals surface area contributed by atoms with Gasteiger partial charge in [0.15, 0.2) is 0 Å². The number of nitrogens with one attached hydrogen (secondary N) is 1. The lowest BCUT2D eigenvalue weighted by molar-refractivity contribution is 0.0186. The zero-order chi connectivity index (χ0) is 30.2.